The summed E-state index contributed by atoms with van der Waals surface area (Å²) in [5.74, 6) is -2.12. The number of nitrogens with one attached hydrogen (secondary N) is 2. The summed E-state index contributed by atoms with van der Waals surface area (Å²) in [6.07, 6.45) is -5.59. The van der Waals surface area contributed by atoms with Crippen molar-refractivity contribution in [3.8, 4) is 11.8 Å². The second-order valence-corrected chi connectivity index (χ2v) is 7.88. The summed E-state index contributed by atoms with van der Waals surface area (Å²) >= 11 is 0. The zero-order valence-electron chi connectivity index (χ0n) is 19.3. The van der Waals surface area contributed by atoms with Crippen molar-refractivity contribution >= 4 is 17.7 Å². The summed E-state index contributed by atoms with van der Waals surface area (Å²) in [5.41, 5.74) is -0.724. The number of alkyl halides is 3. The van der Waals surface area contributed by atoms with E-state index in [0.29, 0.717) is 22.9 Å². The molecule has 13 heteroatoms. The minimum atomic E-state index is -4.82. The number of anilines is 1. The molecule has 0 spiro atoms. The van der Waals surface area contributed by atoms with E-state index in [4.69, 9.17) is 24.6 Å². The average Bonchev–Trinajstić information content (AvgIpc) is 2.86. The molecule has 1 aromatic carbocycles. The van der Waals surface area contributed by atoms with Gasteiger partial charge in [-0.3, -0.25) is 4.79 Å². The fraction of sp³-hybridized carbons (Fsp3) is 0.391. The minimum Gasteiger partial charge on any atom is -0.496 e. The molecule has 192 valence electrons. The Kier molecular flexibility index (Phi) is 8.33. The lowest BCUT2D eigenvalue weighted by Crippen LogP contribution is -2.45. The van der Waals surface area contributed by atoms with Crippen molar-refractivity contribution in [1.29, 1.82) is 5.26 Å². The number of rotatable bonds is 8. The van der Waals surface area contributed by atoms with Gasteiger partial charge in [-0.25, -0.2) is 9.78 Å². The van der Waals surface area contributed by atoms with Crippen LogP contribution in [0.5, 0.6) is 5.75 Å². The molecule has 0 aliphatic carbocycles. The first kappa shape index (κ1) is 26.7. The van der Waals surface area contributed by atoms with E-state index in [1.165, 1.54) is 19.2 Å². The quantitative estimate of drug-likeness (QED) is 0.490. The largest absolute Gasteiger partial charge is 0.496 e. The van der Waals surface area contributed by atoms with Crippen molar-refractivity contribution in [2.75, 3.05) is 32.2 Å². The van der Waals surface area contributed by atoms with Crippen molar-refractivity contribution in [2.24, 2.45) is 0 Å². The van der Waals surface area contributed by atoms with Crippen molar-refractivity contribution in [2.45, 2.75) is 31.3 Å². The SMILES string of the molecule is COc1ccc(C#N)cc1C(C)Nc1ncc(C(=O)NCC2COC(C(=O)O)CO2)cc1C(F)(F)F. The standard InChI is InChI=1S/C23H23F3N4O6/c1-12(16-5-13(7-27)3-4-18(16)34-2)30-20-17(23(24,25)26)6-14(8-28-20)21(31)29-9-15-10-36-19(11-35-15)22(32)33/h3-6,8,12,15,19H,9-11H2,1-2H3,(H,28,30)(H,29,31)(H,32,33). The second kappa shape index (κ2) is 11.2. The highest BCUT2D eigenvalue weighted by atomic mass is 19.4. The van der Waals surface area contributed by atoms with Crippen LogP contribution in [0.25, 0.3) is 0 Å². The zero-order valence-corrected chi connectivity index (χ0v) is 19.3. The van der Waals surface area contributed by atoms with E-state index in [1.807, 2.05) is 6.07 Å². The number of halogens is 3. The van der Waals surface area contributed by atoms with Crippen LogP contribution in [0.15, 0.2) is 30.5 Å². The number of benzene rings is 1. The van der Waals surface area contributed by atoms with Gasteiger partial charge in [0.1, 0.15) is 11.6 Å². The number of carboxylic acids is 1. The highest BCUT2D eigenvalue weighted by Gasteiger charge is 2.36. The molecule has 1 saturated heterocycles. The van der Waals surface area contributed by atoms with Gasteiger partial charge in [0, 0.05) is 18.3 Å². The van der Waals surface area contributed by atoms with E-state index >= 15 is 0 Å². The molecule has 0 radical (unpaired) electrons. The Morgan fingerprint density at radius 2 is 2.06 bits per heavy atom. The third-order valence-corrected chi connectivity index (χ3v) is 5.37. The van der Waals surface area contributed by atoms with E-state index in [1.54, 1.807) is 13.0 Å². The Hall–Kier alpha value is -3.89. The van der Waals surface area contributed by atoms with E-state index in [2.05, 4.69) is 15.6 Å². The zero-order chi connectivity index (χ0) is 26.5. The van der Waals surface area contributed by atoms with Gasteiger partial charge in [-0.2, -0.15) is 18.4 Å². The first-order valence-corrected chi connectivity index (χ1v) is 10.7. The fourth-order valence-electron chi connectivity index (χ4n) is 3.46. The van der Waals surface area contributed by atoms with Crippen LogP contribution in [0.1, 0.15) is 40.0 Å². The van der Waals surface area contributed by atoms with E-state index in [0.717, 1.165) is 6.20 Å². The van der Waals surface area contributed by atoms with Crippen LogP contribution in [-0.2, 0) is 20.4 Å². The number of aromatic nitrogens is 1. The Bertz CT molecular complexity index is 1160. The Morgan fingerprint density at radius 3 is 2.64 bits per heavy atom. The number of hydrogen-bond donors (Lipinski definition) is 3. The molecule has 1 aliphatic rings. The molecule has 3 N–H and O–H groups in total. The third kappa shape index (κ3) is 6.41. The van der Waals surface area contributed by atoms with Gasteiger partial charge in [-0.15, -0.1) is 0 Å². The number of carbonyl (C=O) groups excluding carboxylic acids is 1. The van der Waals surface area contributed by atoms with Crippen molar-refractivity contribution < 1.29 is 42.1 Å². The molecule has 3 atom stereocenters. The maximum atomic E-state index is 13.8. The van der Waals surface area contributed by atoms with E-state index in [9.17, 15) is 22.8 Å². The van der Waals surface area contributed by atoms with Crippen molar-refractivity contribution in [3.63, 3.8) is 0 Å². The maximum absolute atomic E-state index is 13.8. The summed E-state index contributed by atoms with van der Waals surface area (Å²) in [4.78, 5) is 27.2. The van der Waals surface area contributed by atoms with Gasteiger partial charge < -0.3 is 30.0 Å². The molecule has 0 bridgehead atoms. The summed E-state index contributed by atoms with van der Waals surface area (Å²) < 4.78 is 57.1. The summed E-state index contributed by atoms with van der Waals surface area (Å²) in [6.45, 7) is 1.18. The normalized spacial score (nSPS) is 18.6. The Balaban J connectivity index is 1.74. The topological polar surface area (TPSA) is 143 Å². The number of methoxy groups -OCH3 is 1. The molecule has 1 aromatic heterocycles. The number of hydrogen-bond acceptors (Lipinski definition) is 8. The predicted octanol–water partition coefficient (Wildman–Crippen LogP) is 2.75. The summed E-state index contributed by atoms with van der Waals surface area (Å²) in [5, 5.41) is 23.1. The predicted molar refractivity (Wildman–Crippen MR) is 118 cm³/mol. The molecule has 3 rings (SSSR count). The number of amides is 1. The van der Waals surface area contributed by atoms with Crippen LogP contribution >= 0.6 is 0 Å². The van der Waals surface area contributed by atoms with E-state index < -0.39 is 47.7 Å². The average molecular weight is 508 g/mol. The van der Waals surface area contributed by atoms with Gasteiger partial charge in [0.05, 0.1) is 55.2 Å². The molecule has 1 aliphatic heterocycles. The maximum Gasteiger partial charge on any atom is 0.419 e. The molecule has 2 aromatic rings. The first-order valence-electron chi connectivity index (χ1n) is 10.7. The van der Waals surface area contributed by atoms with Gasteiger partial charge in [-0.05, 0) is 31.2 Å². The number of pyridine rings is 1. The van der Waals surface area contributed by atoms with Crippen LogP contribution in [0.2, 0.25) is 0 Å². The number of carbonyl (C=O) groups is 2. The summed E-state index contributed by atoms with van der Waals surface area (Å²) in [7, 11) is 1.40. The van der Waals surface area contributed by atoms with Crippen LogP contribution in [0, 0.1) is 11.3 Å². The minimum absolute atomic E-state index is 0.0967. The number of carboxylic acid groups (broad SMARTS) is 1. The lowest BCUT2D eigenvalue weighted by atomic mass is 10.0. The monoisotopic (exact) mass is 508 g/mol. The Labute approximate surface area is 204 Å². The molecule has 0 saturated carbocycles. The molecule has 1 amide bonds. The highest BCUT2D eigenvalue weighted by Crippen LogP contribution is 2.36. The fourth-order valence-corrected chi connectivity index (χ4v) is 3.46. The number of ether oxygens (including phenoxy) is 3. The molecule has 2 heterocycles. The van der Waals surface area contributed by atoms with Gasteiger partial charge >= 0.3 is 12.1 Å². The van der Waals surface area contributed by atoms with Gasteiger partial charge in [0.2, 0.25) is 0 Å². The first-order chi connectivity index (χ1) is 17.0. The second-order valence-electron chi connectivity index (χ2n) is 7.88. The lowest BCUT2D eigenvalue weighted by molar-refractivity contribution is -0.174. The molecule has 36 heavy (non-hydrogen) atoms. The van der Waals surface area contributed by atoms with Crippen molar-refractivity contribution in [3.05, 3.63) is 52.7 Å². The van der Waals surface area contributed by atoms with Crippen LogP contribution in [-0.4, -0.2) is 61.0 Å². The molecular weight excluding hydrogens is 485 g/mol. The number of nitrogens with zero attached hydrogens (tertiary/aromatic N) is 2. The van der Waals surface area contributed by atoms with Crippen LogP contribution in [0.4, 0.5) is 19.0 Å². The van der Waals surface area contributed by atoms with Crippen LogP contribution < -0.4 is 15.4 Å². The molecule has 10 nitrogen and oxygen atoms in total. The molecule has 3 unspecified atom stereocenters. The number of aliphatic carboxylic acids is 1. The van der Waals surface area contributed by atoms with Crippen LogP contribution in [0.3, 0.4) is 0 Å². The Morgan fingerprint density at radius 1 is 1.31 bits per heavy atom. The van der Waals surface area contributed by atoms with Gasteiger partial charge in [-0.1, -0.05) is 0 Å². The smallest absolute Gasteiger partial charge is 0.419 e. The van der Waals surface area contributed by atoms with Crippen molar-refractivity contribution in [1.82, 2.24) is 10.3 Å². The molecular formula is C23H23F3N4O6. The lowest BCUT2D eigenvalue weighted by Gasteiger charge is -2.27. The van der Waals surface area contributed by atoms with Gasteiger partial charge in [0.15, 0.2) is 6.10 Å². The third-order valence-electron chi connectivity index (χ3n) is 5.37. The molecule has 1 fully saturated rings. The van der Waals surface area contributed by atoms with Gasteiger partial charge in [0.25, 0.3) is 5.91 Å². The highest BCUT2D eigenvalue weighted by molar-refractivity contribution is 5.94. The number of nitriles is 1. The van der Waals surface area contributed by atoms with E-state index in [-0.39, 0.29) is 25.3 Å². The summed E-state index contributed by atoms with van der Waals surface area (Å²) in [6, 6.07) is 6.49.